The van der Waals surface area contributed by atoms with Crippen LogP contribution in [-0.4, -0.2) is 48.0 Å². The molecule has 24 heavy (non-hydrogen) atoms. The number of amides is 1. The summed E-state index contributed by atoms with van der Waals surface area (Å²) in [5, 5.41) is 6.39. The maximum Gasteiger partial charge on any atom is 0.237 e. The van der Waals surface area contributed by atoms with Gasteiger partial charge in [0.1, 0.15) is 0 Å². The summed E-state index contributed by atoms with van der Waals surface area (Å²) in [6, 6.07) is 4.14. The lowest BCUT2D eigenvalue weighted by molar-refractivity contribution is -0.123. The fraction of sp³-hybridized carbons (Fsp3) is 0.647. The number of nitrogens with zero attached hydrogens (tertiary/aromatic N) is 2. The van der Waals surface area contributed by atoms with E-state index in [2.05, 4.69) is 42.5 Å². The van der Waals surface area contributed by atoms with Gasteiger partial charge >= 0.3 is 0 Å². The van der Waals surface area contributed by atoms with Crippen LogP contribution in [0.4, 0.5) is 0 Å². The minimum Gasteiger partial charge on any atom is -0.354 e. The Balaban J connectivity index is 0.00000208. The fourth-order valence-corrected chi connectivity index (χ4v) is 3.70. The van der Waals surface area contributed by atoms with Crippen LogP contribution in [0.1, 0.15) is 31.4 Å². The van der Waals surface area contributed by atoms with E-state index >= 15 is 0 Å². The number of carbonyl (C=O) groups excluding carboxylic acids is 1. The van der Waals surface area contributed by atoms with E-state index in [9.17, 15) is 4.79 Å². The number of piperidine rings is 1. The van der Waals surface area contributed by atoms with Crippen LogP contribution in [0.15, 0.2) is 22.8 Å². The maximum absolute atomic E-state index is 12.1. The normalized spacial score (nSPS) is 24.4. The molecule has 0 saturated carbocycles. The van der Waals surface area contributed by atoms with Crippen molar-refractivity contribution in [3.8, 4) is 0 Å². The first-order valence-corrected chi connectivity index (χ1v) is 9.34. The van der Waals surface area contributed by atoms with E-state index in [1.54, 1.807) is 0 Å². The summed E-state index contributed by atoms with van der Waals surface area (Å²) < 4.78 is 1.01. The minimum absolute atomic E-state index is 0. The Morgan fingerprint density at radius 2 is 2.25 bits per heavy atom. The summed E-state index contributed by atoms with van der Waals surface area (Å²) in [6.45, 7) is 4.81. The molecule has 0 radical (unpaired) electrons. The predicted molar refractivity (Wildman–Crippen MR) is 101 cm³/mol. The zero-order valence-corrected chi connectivity index (χ0v) is 16.2. The quantitative estimate of drug-likeness (QED) is 0.772. The molecule has 1 aromatic rings. The third kappa shape index (κ3) is 5.69. The number of hydrogen-bond acceptors (Lipinski definition) is 4. The summed E-state index contributed by atoms with van der Waals surface area (Å²) in [5.74, 6) is 0.721. The van der Waals surface area contributed by atoms with Gasteiger partial charge in [-0.15, -0.1) is 12.4 Å². The first-order chi connectivity index (χ1) is 11.2. The lowest BCUT2D eigenvalue weighted by atomic mass is 9.97. The Morgan fingerprint density at radius 3 is 2.96 bits per heavy atom. The molecule has 2 saturated heterocycles. The summed E-state index contributed by atoms with van der Waals surface area (Å²) in [5.41, 5.74) is 1.10. The monoisotopic (exact) mass is 416 g/mol. The van der Waals surface area contributed by atoms with Crippen molar-refractivity contribution in [2.24, 2.45) is 5.92 Å². The standard InChI is InChI=1S/C17H25BrN4O.ClH/c18-14-5-6-15(20-10-14)12-22-8-2-3-13(11-22)9-21-17(23)16-4-1-7-19-16;/h5-6,10,13,16,19H,1-4,7-9,11-12H2,(H,21,23);1H. The van der Waals surface area contributed by atoms with Crippen LogP contribution >= 0.6 is 28.3 Å². The molecule has 2 fully saturated rings. The van der Waals surface area contributed by atoms with Crippen molar-refractivity contribution >= 4 is 34.2 Å². The Labute approximate surface area is 158 Å². The number of aromatic nitrogens is 1. The highest BCUT2D eigenvalue weighted by atomic mass is 79.9. The number of likely N-dealkylation sites (tertiary alicyclic amines) is 1. The number of pyridine rings is 1. The van der Waals surface area contributed by atoms with Crippen molar-refractivity contribution in [3.63, 3.8) is 0 Å². The zero-order valence-electron chi connectivity index (χ0n) is 13.8. The van der Waals surface area contributed by atoms with Gasteiger partial charge in [0.15, 0.2) is 0 Å². The molecule has 0 spiro atoms. The van der Waals surface area contributed by atoms with Crippen molar-refractivity contribution < 1.29 is 4.79 Å². The average molecular weight is 418 g/mol. The highest BCUT2D eigenvalue weighted by molar-refractivity contribution is 9.10. The van der Waals surface area contributed by atoms with E-state index in [0.717, 1.165) is 55.7 Å². The smallest absolute Gasteiger partial charge is 0.237 e. The minimum atomic E-state index is 0. The van der Waals surface area contributed by atoms with Crippen LogP contribution < -0.4 is 10.6 Å². The van der Waals surface area contributed by atoms with Crippen molar-refractivity contribution in [2.75, 3.05) is 26.2 Å². The number of halogens is 2. The average Bonchev–Trinajstić information content (AvgIpc) is 3.10. The van der Waals surface area contributed by atoms with Gasteiger partial charge in [0, 0.05) is 30.3 Å². The number of hydrogen-bond donors (Lipinski definition) is 2. The Kier molecular flexibility index (Phi) is 7.94. The van der Waals surface area contributed by atoms with Gasteiger partial charge in [0.25, 0.3) is 0 Å². The summed E-state index contributed by atoms with van der Waals surface area (Å²) >= 11 is 3.42. The van der Waals surface area contributed by atoms with E-state index in [4.69, 9.17) is 0 Å². The van der Waals surface area contributed by atoms with Gasteiger partial charge in [0.2, 0.25) is 5.91 Å². The molecule has 0 aromatic carbocycles. The van der Waals surface area contributed by atoms with Gasteiger partial charge in [-0.3, -0.25) is 14.7 Å². The van der Waals surface area contributed by atoms with Gasteiger partial charge in [-0.2, -0.15) is 0 Å². The van der Waals surface area contributed by atoms with Crippen LogP contribution in [-0.2, 0) is 11.3 Å². The molecule has 2 aliphatic rings. The number of nitrogens with one attached hydrogen (secondary N) is 2. The maximum atomic E-state index is 12.1. The molecule has 3 rings (SSSR count). The van der Waals surface area contributed by atoms with E-state index in [-0.39, 0.29) is 24.4 Å². The van der Waals surface area contributed by atoms with Gasteiger partial charge in [-0.1, -0.05) is 0 Å². The molecule has 3 heterocycles. The molecule has 134 valence electrons. The van der Waals surface area contributed by atoms with Crippen molar-refractivity contribution in [3.05, 3.63) is 28.5 Å². The van der Waals surface area contributed by atoms with Gasteiger partial charge < -0.3 is 10.6 Å². The second-order valence-electron chi connectivity index (χ2n) is 6.61. The molecule has 2 atom stereocenters. The van der Waals surface area contributed by atoms with E-state index in [0.29, 0.717) is 5.92 Å². The molecule has 7 heteroatoms. The largest absolute Gasteiger partial charge is 0.354 e. The predicted octanol–water partition coefficient (Wildman–Crippen LogP) is 2.35. The van der Waals surface area contributed by atoms with E-state index in [1.807, 2.05) is 12.3 Å². The van der Waals surface area contributed by atoms with Crippen LogP contribution in [0.5, 0.6) is 0 Å². The Hall–Kier alpha value is -0.690. The third-order valence-corrected chi connectivity index (χ3v) is 5.19. The molecule has 5 nitrogen and oxygen atoms in total. The topological polar surface area (TPSA) is 57.3 Å². The molecule has 2 aliphatic heterocycles. The van der Waals surface area contributed by atoms with Crippen LogP contribution in [0.25, 0.3) is 0 Å². The first-order valence-electron chi connectivity index (χ1n) is 8.54. The highest BCUT2D eigenvalue weighted by Crippen LogP contribution is 2.18. The van der Waals surface area contributed by atoms with Crippen molar-refractivity contribution in [2.45, 2.75) is 38.3 Å². The molecule has 1 amide bonds. The fourth-order valence-electron chi connectivity index (χ4n) is 3.47. The molecule has 0 bridgehead atoms. The van der Waals surface area contributed by atoms with Crippen molar-refractivity contribution in [1.82, 2.24) is 20.5 Å². The highest BCUT2D eigenvalue weighted by Gasteiger charge is 2.24. The van der Waals surface area contributed by atoms with E-state index < -0.39 is 0 Å². The lowest BCUT2D eigenvalue weighted by Crippen LogP contribution is -2.45. The molecule has 0 aliphatic carbocycles. The first kappa shape index (κ1) is 19.6. The summed E-state index contributed by atoms with van der Waals surface area (Å²) in [4.78, 5) is 19.0. The van der Waals surface area contributed by atoms with Crippen LogP contribution in [0, 0.1) is 5.92 Å². The molecule has 2 unspecified atom stereocenters. The Morgan fingerprint density at radius 1 is 1.38 bits per heavy atom. The SMILES string of the molecule is Cl.O=C(NCC1CCCN(Cc2ccc(Br)cn2)C1)C1CCCN1. The number of rotatable bonds is 5. The second-order valence-corrected chi connectivity index (χ2v) is 7.52. The lowest BCUT2D eigenvalue weighted by Gasteiger charge is -2.32. The van der Waals surface area contributed by atoms with Crippen molar-refractivity contribution in [1.29, 1.82) is 0 Å². The second kappa shape index (κ2) is 9.70. The van der Waals surface area contributed by atoms with Crippen LogP contribution in [0.3, 0.4) is 0 Å². The van der Waals surface area contributed by atoms with Gasteiger partial charge in [-0.05, 0) is 72.8 Å². The van der Waals surface area contributed by atoms with E-state index in [1.165, 1.54) is 12.8 Å². The summed E-state index contributed by atoms with van der Waals surface area (Å²) in [7, 11) is 0. The number of carbonyl (C=O) groups is 1. The molecular weight excluding hydrogens is 392 g/mol. The summed E-state index contributed by atoms with van der Waals surface area (Å²) in [6.07, 6.45) is 6.32. The zero-order chi connectivity index (χ0) is 16.1. The van der Waals surface area contributed by atoms with Gasteiger partial charge in [0.05, 0.1) is 11.7 Å². The van der Waals surface area contributed by atoms with Gasteiger partial charge in [-0.25, -0.2) is 0 Å². The molecule has 2 N–H and O–H groups in total. The van der Waals surface area contributed by atoms with Crippen LogP contribution in [0.2, 0.25) is 0 Å². The third-order valence-electron chi connectivity index (χ3n) is 4.72. The Bertz CT molecular complexity index is 522. The molecular formula is C17H26BrClN4O. The molecule has 1 aromatic heterocycles.